The summed E-state index contributed by atoms with van der Waals surface area (Å²) in [5.74, 6) is 0.570. The first kappa shape index (κ1) is 19.8. The van der Waals surface area contributed by atoms with Crippen LogP contribution in [0.15, 0.2) is 42.5 Å². The number of fused-ring (bicyclic) bond motifs is 3. The predicted molar refractivity (Wildman–Crippen MR) is 114 cm³/mol. The second kappa shape index (κ2) is 7.71. The molecule has 3 saturated carbocycles. The third-order valence-electron chi connectivity index (χ3n) is 6.81. The number of hydrogen-bond donors (Lipinski definition) is 1. The molecule has 3 fully saturated rings. The van der Waals surface area contributed by atoms with Crippen molar-refractivity contribution in [2.75, 3.05) is 11.9 Å². The number of benzene rings is 2. The molecule has 5 rings (SSSR count). The molecule has 3 aliphatic carbocycles. The molecule has 0 aromatic heterocycles. The van der Waals surface area contributed by atoms with E-state index in [2.05, 4.69) is 11.4 Å². The fourth-order valence-electron chi connectivity index (χ4n) is 4.83. The highest BCUT2D eigenvalue weighted by molar-refractivity contribution is 5.69. The van der Waals surface area contributed by atoms with Gasteiger partial charge < -0.3 is 10.1 Å². The van der Waals surface area contributed by atoms with Crippen molar-refractivity contribution in [3.8, 4) is 22.9 Å². The van der Waals surface area contributed by atoms with E-state index >= 15 is 0 Å². The molecule has 3 aliphatic rings. The second-order valence-electron chi connectivity index (χ2n) is 9.13. The van der Waals surface area contributed by atoms with E-state index in [4.69, 9.17) is 4.74 Å². The van der Waals surface area contributed by atoms with E-state index in [0.29, 0.717) is 5.56 Å². The molecule has 0 amide bonds. The number of hydrogen-bond acceptors (Lipinski definition) is 3. The van der Waals surface area contributed by atoms with Crippen LogP contribution < -0.4 is 10.1 Å². The Balaban J connectivity index is 1.46. The molecule has 2 bridgehead atoms. The Labute approximate surface area is 172 Å². The van der Waals surface area contributed by atoms with Crippen molar-refractivity contribution in [1.82, 2.24) is 0 Å². The topological polar surface area (TPSA) is 45.0 Å². The summed E-state index contributed by atoms with van der Waals surface area (Å²) in [5.41, 5.74) is 2.61. The molecule has 0 aliphatic heterocycles. The molecule has 0 saturated heterocycles. The number of halogens is 1. The minimum atomic E-state index is -0.222. The molecule has 3 nitrogen and oxygen atoms in total. The van der Waals surface area contributed by atoms with Crippen LogP contribution in [0.2, 0.25) is 0 Å². The lowest BCUT2D eigenvalue weighted by atomic mass is 9.54. The Hall–Kier alpha value is -2.54. The van der Waals surface area contributed by atoms with Crippen LogP contribution in [0.25, 0.3) is 11.1 Å². The van der Waals surface area contributed by atoms with Gasteiger partial charge in [0, 0.05) is 17.8 Å². The largest absolute Gasteiger partial charge is 0.491 e. The summed E-state index contributed by atoms with van der Waals surface area (Å²) in [5, 5.41) is 13.0. The molecule has 2 aromatic carbocycles. The highest BCUT2D eigenvalue weighted by atomic mass is 19.1. The Bertz CT molecular complexity index is 889. The minimum absolute atomic E-state index is 0.0593. The molecule has 0 spiro atoms. The Morgan fingerprint density at radius 3 is 2.28 bits per heavy atom. The van der Waals surface area contributed by atoms with Crippen molar-refractivity contribution in [2.45, 2.75) is 58.5 Å². The fraction of sp³-hybridized carbons (Fsp3) is 0.480. The molecule has 0 heterocycles. The molecular formula is C25H29FN2O. The van der Waals surface area contributed by atoms with E-state index in [0.717, 1.165) is 62.1 Å². The third-order valence-corrected chi connectivity index (χ3v) is 6.81. The third kappa shape index (κ3) is 4.10. The van der Waals surface area contributed by atoms with Crippen LogP contribution in [0.5, 0.6) is 5.75 Å². The summed E-state index contributed by atoms with van der Waals surface area (Å²) >= 11 is 0. The van der Waals surface area contributed by atoms with Gasteiger partial charge in [0.25, 0.3) is 0 Å². The highest BCUT2D eigenvalue weighted by Crippen LogP contribution is 2.56. The average molecular weight is 393 g/mol. The van der Waals surface area contributed by atoms with Gasteiger partial charge in [-0.3, -0.25) is 0 Å². The van der Waals surface area contributed by atoms with Crippen molar-refractivity contribution >= 4 is 5.69 Å². The van der Waals surface area contributed by atoms with Crippen LogP contribution >= 0.6 is 0 Å². The Morgan fingerprint density at radius 1 is 1.03 bits per heavy atom. The number of nitrogens with zero attached hydrogens (tertiary/aromatic N) is 1. The minimum Gasteiger partial charge on any atom is -0.491 e. The second-order valence-corrected chi connectivity index (χ2v) is 9.13. The first-order chi connectivity index (χ1) is 13.9. The highest BCUT2D eigenvalue weighted by Gasteiger charge is 2.48. The number of rotatable bonds is 6. The summed E-state index contributed by atoms with van der Waals surface area (Å²) in [6.07, 6.45) is 6.50. The fourth-order valence-corrected chi connectivity index (χ4v) is 4.83. The summed E-state index contributed by atoms with van der Waals surface area (Å²) in [6, 6.07) is 15.4. The van der Waals surface area contributed by atoms with E-state index in [1.807, 2.05) is 50.2 Å². The molecule has 0 radical (unpaired) electrons. The maximum atomic E-state index is 14.5. The van der Waals surface area contributed by atoms with Gasteiger partial charge in [0.1, 0.15) is 11.6 Å². The van der Waals surface area contributed by atoms with E-state index in [-0.39, 0.29) is 22.8 Å². The smallest absolute Gasteiger partial charge is 0.131 e. The van der Waals surface area contributed by atoms with E-state index in [9.17, 15) is 9.65 Å². The van der Waals surface area contributed by atoms with Gasteiger partial charge in [-0.2, -0.15) is 5.26 Å². The zero-order chi connectivity index (χ0) is 20.5. The average Bonchev–Trinajstić information content (AvgIpc) is 2.75. The maximum Gasteiger partial charge on any atom is 0.131 e. The van der Waals surface area contributed by atoms with E-state index in [1.165, 1.54) is 6.07 Å². The van der Waals surface area contributed by atoms with Crippen LogP contribution in [0, 0.1) is 28.0 Å². The standard InChI is InChI=1S/C25H29FN2O/c1-18(2)29-21-6-3-19(4-7-21)22-15-20(5-8-23(22)26)28-17-25-12-9-24(16-27,10-13-25)11-14-25/h3-8,15,18,28H,9-14,17H2,1-2H3. The summed E-state index contributed by atoms with van der Waals surface area (Å²) < 4.78 is 20.2. The van der Waals surface area contributed by atoms with Gasteiger partial charge in [-0.15, -0.1) is 0 Å². The van der Waals surface area contributed by atoms with Crippen molar-refractivity contribution in [1.29, 1.82) is 5.26 Å². The first-order valence-electron chi connectivity index (χ1n) is 10.6. The quantitative estimate of drug-likeness (QED) is 0.606. The van der Waals surface area contributed by atoms with Crippen molar-refractivity contribution in [3.63, 3.8) is 0 Å². The number of nitriles is 1. The monoisotopic (exact) mass is 392 g/mol. The first-order valence-corrected chi connectivity index (χ1v) is 10.6. The van der Waals surface area contributed by atoms with Gasteiger partial charge in [-0.1, -0.05) is 12.1 Å². The van der Waals surface area contributed by atoms with Crippen molar-refractivity contribution in [3.05, 3.63) is 48.3 Å². The lowest BCUT2D eigenvalue weighted by Crippen LogP contribution is -2.44. The lowest BCUT2D eigenvalue weighted by Gasteiger charge is -2.50. The van der Waals surface area contributed by atoms with Gasteiger partial charge in [0.15, 0.2) is 0 Å². The summed E-state index contributed by atoms with van der Waals surface area (Å²) in [4.78, 5) is 0. The van der Waals surface area contributed by atoms with Crippen LogP contribution in [-0.4, -0.2) is 12.6 Å². The molecule has 29 heavy (non-hydrogen) atoms. The Morgan fingerprint density at radius 2 is 1.69 bits per heavy atom. The normalized spacial score (nSPS) is 25.6. The predicted octanol–water partition coefficient (Wildman–Crippen LogP) is 6.56. The van der Waals surface area contributed by atoms with E-state index in [1.54, 1.807) is 0 Å². The Kier molecular flexibility index (Phi) is 5.25. The number of ether oxygens (including phenoxy) is 1. The van der Waals surface area contributed by atoms with Crippen LogP contribution in [0.3, 0.4) is 0 Å². The summed E-state index contributed by atoms with van der Waals surface area (Å²) in [7, 11) is 0. The van der Waals surface area contributed by atoms with Crippen LogP contribution in [0.4, 0.5) is 10.1 Å². The molecule has 152 valence electrons. The van der Waals surface area contributed by atoms with Gasteiger partial charge in [-0.25, -0.2) is 4.39 Å². The maximum absolute atomic E-state index is 14.5. The summed E-state index contributed by atoms with van der Waals surface area (Å²) in [6.45, 7) is 4.86. The van der Waals surface area contributed by atoms with Crippen molar-refractivity contribution < 1.29 is 9.13 Å². The van der Waals surface area contributed by atoms with Gasteiger partial charge in [0.05, 0.1) is 17.6 Å². The number of nitrogens with one attached hydrogen (secondary N) is 1. The molecule has 2 aromatic rings. The van der Waals surface area contributed by atoms with E-state index < -0.39 is 0 Å². The zero-order valence-corrected chi connectivity index (χ0v) is 17.3. The number of anilines is 1. The SMILES string of the molecule is CC(C)Oc1ccc(-c2cc(NCC34CCC(C#N)(CC3)CC4)ccc2F)cc1. The molecule has 4 heteroatoms. The molecule has 0 unspecified atom stereocenters. The molecular weight excluding hydrogens is 363 g/mol. The lowest BCUT2D eigenvalue weighted by molar-refractivity contribution is 0.0363. The molecule has 0 atom stereocenters. The van der Waals surface area contributed by atoms with Crippen LogP contribution in [-0.2, 0) is 0 Å². The molecule has 1 N–H and O–H groups in total. The van der Waals surface area contributed by atoms with Crippen LogP contribution in [0.1, 0.15) is 52.4 Å². The van der Waals surface area contributed by atoms with Gasteiger partial charge in [-0.05, 0) is 93.7 Å². The van der Waals surface area contributed by atoms with Gasteiger partial charge in [0.2, 0.25) is 0 Å². The van der Waals surface area contributed by atoms with Crippen molar-refractivity contribution in [2.24, 2.45) is 10.8 Å². The zero-order valence-electron chi connectivity index (χ0n) is 17.3. The van der Waals surface area contributed by atoms with Gasteiger partial charge >= 0.3 is 0 Å².